The molecule has 2 rings (SSSR count). The first-order valence-electron chi connectivity index (χ1n) is 5.56. The van der Waals surface area contributed by atoms with E-state index in [1.807, 2.05) is 6.07 Å². The Labute approximate surface area is 149 Å². The third kappa shape index (κ3) is 4.40. The number of ether oxygens (including phenoxy) is 1. The molecule has 2 aromatic carbocycles. The number of carbonyl (C=O) groups excluding carboxylic acids is 1. The SMILES string of the molecule is CC(=O)Oc1ccccc1Nc1c(Cl)cccc1Cl.[Na]. The standard InChI is InChI=1S/C14H11Cl2NO2.Na/c1-9(18)19-13-8-3-2-7-12(13)17-14-10(15)5-4-6-11(14)16;/h2-8,17H,1H3;. The second-order valence-electron chi connectivity index (χ2n) is 3.81. The second kappa shape index (κ2) is 7.91. The van der Waals surface area contributed by atoms with Crippen molar-refractivity contribution >= 4 is 70.1 Å². The van der Waals surface area contributed by atoms with E-state index >= 15 is 0 Å². The summed E-state index contributed by atoms with van der Waals surface area (Å²) < 4.78 is 5.11. The van der Waals surface area contributed by atoms with Crippen LogP contribution >= 0.6 is 23.2 Å². The van der Waals surface area contributed by atoms with Gasteiger partial charge in [-0.2, -0.15) is 0 Å². The maximum Gasteiger partial charge on any atom is 0.308 e. The van der Waals surface area contributed by atoms with Gasteiger partial charge < -0.3 is 10.1 Å². The summed E-state index contributed by atoms with van der Waals surface area (Å²) in [4.78, 5) is 11.0. The molecule has 0 saturated heterocycles. The zero-order chi connectivity index (χ0) is 13.8. The molecule has 1 N–H and O–H groups in total. The molecular formula is C14H11Cl2NNaO2. The van der Waals surface area contributed by atoms with Crippen LogP contribution in [0.2, 0.25) is 10.0 Å². The zero-order valence-electron chi connectivity index (χ0n) is 11.1. The summed E-state index contributed by atoms with van der Waals surface area (Å²) in [6, 6.07) is 12.3. The van der Waals surface area contributed by atoms with Crippen LogP contribution in [0.25, 0.3) is 0 Å². The van der Waals surface area contributed by atoms with Gasteiger partial charge in [0.1, 0.15) is 0 Å². The Morgan fingerprint density at radius 2 is 1.65 bits per heavy atom. The first kappa shape index (κ1) is 17.3. The minimum atomic E-state index is -0.389. The fourth-order valence-electron chi connectivity index (χ4n) is 1.57. The third-order valence-electron chi connectivity index (χ3n) is 2.36. The van der Waals surface area contributed by atoms with E-state index in [0.29, 0.717) is 27.2 Å². The first-order chi connectivity index (χ1) is 9.08. The van der Waals surface area contributed by atoms with Gasteiger partial charge in [-0.3, -0.25) is 4.79 Å². The predicted octanol–water partition coefficient (Wildman–Crippen LogP) is 4.28. The van der Waals surface area contributed by atoms with Crippen molar-refractivity contribution in [3.8, 4) is 5.75 Å². The molecule has 0 saturated carbocycles. The van der Waals surface area contributed by atoms with Crippen LogP contribution < -0.4 is 10.1 Å². The largest absolute Gasteiger partial charge is 0.424 e. The van der Waals surface area contributed by atoms with Gasteiger partial charge in [0.15, 0.2) is 5.75 Å². The minimum absolute atomic E-state index is 0. The maximum absolute atomic E-state index is 11.0. The number of hydrogen-bond donors (Lipinski definition) is 1. The number of rotatable bonds is 3. The Morgan fingerprint density at radius 1 is 1.05 bits per heavy atom. The molecule has 3 nitrogen and oxygen atoms in total. The van der Waals surface area contributed by atoms with Crippen LogP contribution in [0.1, 0.15) is 6.92 Å². The Morgan fingerprint density at radius 3 is 2.25 bits per heavy atom. The van der Waals surface area contributed by atoms with Crippen molar-refractivity contribution in [2.45, 2.75) is 6.92 Å². The van der Waals surface area contributed by atoms with Crippen LogP contribution in [0.4, 0.5) is 11.4 Å². The fraction of sp³-hybridized carbons (Fsp3) is 0.0714. The number of anilines is 2. The van der Waals surface area contributed by atoms with E-state index in [0.717, 1.165) is 0 Å². The summed E-state index contributed by atoms with van der Waals surface area (Å²) in [6.07, 6.45) is 0. The number of para-hydroxylation sites is 3. The molecule has 1 radical (unpaired) electrons. The van der Waals surface area contributed by atoms with Crippen molar-refractivity contribution in [2.24, 2.45) is 0 Å². The Balaban J connectivity index is 0.00000200. The number of hydrogen-bond acceptors (Lipinski definition) is 3. The summed E-state index contributed by atoms with van der Waals surface area (Å²) in [5.41, 5.74) is 1.19. The predicted molar refractivity (Wildman–Crippen MR) is 83.2 cm³/mol. The summed E-state index contributed by atoms with van der Waals surface area (Å²) >= 11 is 12.2. The fourth-order valence-corrected chi connectivity index (χ4v) is 2.06. The molecule has 0 fully saturated rings. The maximum atomic E-state index is 11.0. The molecule has 0 atom stereocenters. The molecule has 99 valence electrons. The van der Waals surface area contributed by atoms with Crippen molar-refractivity contribution in [3.05, 3.63) is 52.5 Å². The second-order valence-corrected chi connectivity index (χ2v) is 4.63. The first-order valence-corrected chi connectivity index (χ1v) is 6.32. The molecule has 0 bridgehead atoms. The molecule has 0 unspecified atom stereocenters. The number of carbonyl (C=O) groups is 1. The number of esters is 1. The number of benzene rings is 2. The van der Waals surface area contributed by atoms with E-state index in [2.05, 4.69) is 5.32 Å². The van der Waals surface area contributed by atoms with Crippen LogP contribution in [0, 0.1) is 0 Å². The van der Waals surface area contributed by atoms with Crippen LogP contribution in [0.5, 0.6) is 5.75 Å². The molecule has 2 aromatic rings. The molecule has 0 aromatic heterocycles. The van der Waals surface area contributed by atoms with Crippen molar-refractivity contribution in [2.75, 3.05) is 5.32 Å². The van der Waals surface area contributed by atoms with Gasteiger partial charge in [0.05, 0.1) is 21.4 Å². The molecule has 0 heterocycles. The average molecular weight is 319 g/mol. The summed E-state index contributed by atoms with van der Waals surface area (Å²) in [5, 5.41) is 4.06. The zero-order valence-corrected chi connectivity index (χ0v) is 14.6. The molecule has 0 amide bonds. The van der Waals surface area contributed by atoms with Gasteiger partial charge in [-0.05, 0) is 24.3 Å². The molecule has 0 spiro atoms. The van der Waals surface area contributed by atoms with Gasteiger partial charge in [-0.15, -0.1) is 0 Å². The minimum Gasteiger partial charge on any atom is -0.424 e. The molecule has 20 heavy (non-hydrogen) atoms. The molecule has 0 aliphatic heterocycles. The van der Waals surface area contributed by atoms with Crippen molar-refractivity contribution in [1.29, 1.82) is 0 Å². The van der Waals surface area contributed by atoms with E-state index < -0.39 is 0 Å². The Bertz CT molecular complexity index is 600. The smallest absolute Gasteiger partial charge is 0.308 e. The van der Waals surface area contributed by atoms with Gasteiger partial charge in [0.2, 0.25) is 0 Å². The van der Waals surface area contributed by atoms with E-state index in [1.54, 1.807) is 36.4 Å². The van der Waals surface area contributed by atoms with E-state index in [4.69, 9.17) is 27.9 Å². The average Bonchev–Trinajstić information content (AvgIpc) is 2.35. The monoisotopic (exact) mass is 318 g/mol. The van der Waals surface area contributed by atoms with Crippen LogP contribution in [-0.4, -0.2) is 35.5 Å². The Kier molecular flexibility index (Phi) is 6.86. The summed E-state index contributed by atoms with van der Waals surface area (Å²) in [7, 11) is 0. The van der Waals surface area contributed by atoms with Crippen LogP contribution in [-0.2, 0) is 4.79 Å². The van der Waals surface area contributed by atoms with Crippen molar-refractivity contribution in [3.63, 3.8) is 0 Å². The van der Waals surface area contributed by atoms with Gasteiger partial charge in [-0.1, -0.05) is 41.4 Å². The molecule has 0 aliphatic carbocycles. The quantitative estimate of drug-likeness (QED) is 0.521. The van der Waals surface area contributed by atoms with E-state index in [-0.39, 0.29) is 35.5 Å². The van der Waals surface area contributed by atoms with E-state index in [1.165, 1.54) is 6.92 Å². The molecule has 0 aliphatic rings. The molecule has 6 heteroatoms. The van der Waals surface area contributed by atoms with Gasteiger partial charge in [0.25, 0.3) is 0 Å². The van der Waals surface area contributed by atoms with Gasteiger partial charge in [0, 0.05) is 36.5 Å². The third-order valence-corrected chi connectivity index (χ3v) is 2.99. The Hall–Kier alpha value is -0.710. The van der Waals surface area contributed by atoms with Gasteiger partial charge in [-0.25, -0.2) is 0 Å². The van der Waals surface area contributed by atoms with Crippen molar-refractivity contribution in [1.82, 2.24) is 0 Å². The summed E-state index contributed by atoms with van der Waals surface area (Å²) in [6.45, 7) is 1.35. The van der Waals surface area contributed by atoms with Crippen molar-refractivity contribution < 1.29 is 9.53 Å². The van der Waals surface area contributed by atoms with Crippen LogP contribution in [0.15, 0.2) is 42.5 Å². The number of nitrogens with one attached hydrogen (secondary N) is 1. The topological polar surface area (TPSA) is 38.3 Å². The number of halogens is 2. The normalized spacial score (nSPS) is 9.55. The van der Waals surface area contributed by atoms with E-state index in [9.17, 15) is 4.79 Å². The van der Waals surface area contributed by atoms with Gasteiger partial charge >= 0.3 is 5.97 Å². The van der Waals surface area contributed by atoms with Crippen LogP contribution in [0.3, 0.4) is 0 Å². The summed E-state index contributed by atoms with van der Waals surface area (Å²) in [5.74, 6) is 0.0329. The molecular weight excluding hydrogens is 308 g/mol.